The molecule has 0 fully saturated rings. The van der Waals surface area contributed by atoms with E-state index in [9.17, 15) is 10.0 Å². The normalized spacial score (nSPS) is 10.1. The van der Waals surface area contributed by atoms with E-state index in [2.05, 4.69) is 58.2 Å². The predicted octanol–water partition coefficient (Wildman–Crippen LogP) is 1.53. The van der Waals surface area contributed by atoms with Gasteiger partial charge in [-0.05, 0) is 62.5 Å². The molecule has 1 aromatic rings. The summed E-state index contributed by atoms with van der Waals surface area (Å²) >= 11 is 0. The van der Waals surface area contributed by atoms with Crippen LogP contribution in [-0.2, 0) is 12.8 Å². The Morgan fingerprint density at radius 2 is 0.935 bits per heavy atom. The van der Waals surface area contributed by atoms with Gasteiger partial charge in [0.15, 0.2) is 0 Å². The van der Waals surface area contributed by atoms with Crippen LogP contribution in [-0.4, -0.2) is 33.3 Å². The van der Waals surface area contributed by atoms with Crippen LogP contribution in [0, 0.1) is 0 Å². The maximum Gasteiger partial charge on any atom is 0.0752 e. The molecular weight excluding hydrogens is 383 g/mol. The number of quaternary nitrogens is 2. The molecule has 1 rings (SSSR count). The number of rotatable bonds is 15. The highest BCUT2D eigenvalue weighted by Crippen LogP contribution is 2.10. The van der Waals surface area contributed by atoms with Gasteiger partial charge in [0.05, 0.1) is 26.2 Å². The van der Waals surface area contributed by atoms with Gasteiger partial charge in [-0.3, -0.25) is 0 Å². The molecule has 0 heterocycles. The van der Waals surface area contributed by atoms with Crippen molar-refractivity contribution in [3.8, 4) is 0 Å². The van der Waals surface area contributed by atoms with Gasteiger partial charge in [0.2, 0.25) is 0 Å². The second kappa shape index (κ2) is 25.4. The van der Waals surface area contributed by atoms with Crippen LogP contribution in [0.5, 0.6) is 0 Å². The highest BCUT2D eigenvalue weighted by atomic mass is 16.4. The number of hydrogen-bond acceptors (Lipinski definition) is 2. The fourth-order valence-corrected chi connectivity index (χ4v) is 3.08. The molecule has 0 aliphatic heterocycles. The maximum atomic E-state index is 11.0. The first-order chi connectivity index (χ1) is 15.0. The van der Waals surface area contributed by atoms with Crippen molar-refractivity contribution in [3.63, 3.8) is 0 Å². The topological polar surface area (TPSA) is 79.3 Å². The summed E-state index contributed by atoms with van der Waals surface area (Å²) in [6.07, 6.45) is 11.6. The Morgan fingerprint density at radius 1 is 0.581 bits per heavy atom. The Morgan fingerprint density at radius 3 is 1.19 bits per heavy atom. The van der Waals surface area contributed by atoms with Gasteiger partial charge >= 0.3 is 0 Å². The molecule has 0 atom stereocenters. The molecule has 0 aromatic heterocycles. The van der Waals surface area contributed by atoms with Crippen molar-refractivity contribution < 1.29 is 20.7 Å². The quantitative estimate of drug-likeness (QED) is 0.323. The summed E-state index contributed by atoms with van der Waals surface area (Å²) in [5.41, 5.74) is 2.70. The molecule has 182 valence electrons. The van der Waals surface area contributed by atoms with E-state index >= 15 is 0 Å². The smallest absolute Gasteiger partial charge is 0.0752 e. The van der Waals surface area contributed by atoms with Crippen LogP contribution < -0.4 is 26.1 Å². The Hall–Kier alpha value is -0.875. The van der Waals surface area contributed by atoms with Crippen LogP contribution in [0.25, 0.3) is 0 Å². The van der Waals surface area contributed by atoms with E-state index in [0.717, 1.165) is 49.7 Å². The minimum atomic E-state index is -1.85. The summed E-state index contributed by atoms with van der Waals surface area (Å²) < 4.78 is 0. The third kappa shape index (κ3) is 22.1. The summed E-state index contributed by atoms with van der Waals surface area (Å²) in [5.74, 6) is 0. The third-order valence-corrected chi connectivity index (χ3v) is 4.96. The largest absolute Gasteiger partial charge is 0.889 e. The molecule has 0 radical (unpaired) electrons. The summed E-state index contributed by atoms with van der Waals surface area (Å²) in [4.78, 5) is 0. The first-order valence-corrected chi connectivity index (χ1v) is 13.1. The Labute approximate surface area is 194 Å². The van der Waals surface area contributed by atoms with E-state index in [1.807, 2.05) is 0 Å². The van der Waals surface area contributed by atoms with Gasteiger partial charge in [-0.2, -0.15) is 0 Å². The van der Waals surface area contributed by atoms with Crippen molar-refractivity contribution in [1.82, 2.24) is 0 Å². The lowest BCUT2D eigenvalue weighted by Crippen LogP contribution is -2.84. The van der Waals surface area contributed by atoms with E-state index in [1.165, 1.54) is 51.9 Å². The Bertz CT molecular complexity index is 440. The fourth-order valence-electron chi connectivity index (χ4n) is 3.08. The van der Waals surface area contributed by atoms with Crippen LogP contribution >= 0.6 is 0 Å². The molecule has 31 heavy (non-hydrogen) atoms. The summed E-state index contributed by atoms with van der Waals surface area (Å²) in [5, 5.41) is 26.8. The van der Waals surface area contributed by atoms with Gasteiger partial charge in [-0.15, -0.1) is 5.46 Å². The zero-order chi connectivity index (χ0) is 23.7. The summed E-state index contributed by atoms with van der Waals surface area (Å²) in [7, 11) is -1.85. The van der Waals surface area contributed by atoms with Gasteiger partial charge in [-0.25, -0.2) is 0 Å². The lowest BCUT2D eigenvalue weighted by Gasteiger charge is -2.28. The van der Waals surface area contributed by atoms with E-state index in [4.69, 9.17) is 0 Å². The maximum absolute atomic E-state index is 11.0. The third-order valence-electron chi connectivity index (χ3n) is 4.96. The molecule has 0 aliphatic rings. The zero-order valence-corrected chi connectivity index (χ0v) is 21.7. The van der Waals surface area contributed by atoms with Gasteiger partial charge < -0.3 is 20.7 Å². The number of unbranched alkanes of at least 4 members (excludes halogenated alkanes) is 2. The minimum Gasteiger partial charge on any atom is -0.889 e. The molecule has 4 nitrogen and oxygen atoms in total. The number of hydrogen-bond donors (Lipinski definition) is 2. The Kier molecular flexibility index (Phi) is 26.5. The Balaban J connectivity index is 0. The molecule has 0 bridgehead atoms. The average Bonchev–Trinajstić information content (AvgIpc) is 2.78. The molecule has 4 N–H and O–H groups in total. The fraction of sp³-hybridized carbons (Fsp3) is 0.769. The number of nitrogens with two attached hydrogens (primary N) is 2. The van der Waals surface area contributed by atoms with Crippen LogP contribution in [0.2, 0.25) is 0 Å². The molecule has 0 aliphatic carbocycles. The average molecular weight is 437 g/mol. The molecular formula is C26H53BN2O2. The van der Waals surface area contributed by atoms with Crippen LogP contribution in [0.15, 0.2) is 18.2 Å². The number of aryl methyl sites for hydroxylation is 2. The molecule has 5 heteroatoms. The second-order valence-electron chi connectivity index (χ2n) is 8.35. The van der Waals surface area contributed by atoms with Crippen molar-refractivity contribution in [1.29, 1.82) is 0 Å². The molecule has 1 aromatic carbocycles. The highest BCUT2D eigenvalue weighted by Gasteiger charge is 2.00. The molecule has 0 unspecified atom stereocenters. The van der Waals surface area contributed by atoms with E-state index in [0.29, 0.717) is 5.46 Å². The lowest BCUT2D eigenvalue weighted by atomic mass is 9.78. The molecule has 0 spiro atoms. The lowest BCUT2D eigenvalue weighted by molar-refractivity contribution is -0.654. The van der Waals surface area contributed by atoms with Crippen molar-refractivity contribution in [2.24, 2.45) is 0 Å². The van der Waals surface area contributed by atoms with E-state index in [1.54, 1.807) is 12.1 Å². The molecule has 0 saturated carbocycles. The first-order valence-electron chi connectivity index (χ1n) is 13.1. The van der Waals surface area contributed by atoms with Crippen molar-refractivity contribution >= 4 is 12.6 Å². The van der Waals surface area contributed by atoms with E-state index < -0.39 is 7.12 Å². The van der Waals surface area contributed by atoms with E-state index in [-0.39, 0.29) is 0 Å². The SMILES string of the molecule is CCCCc1cc(CCCC)cc(B([O-])[O-])c1.CCC[NH2+]CCC.CCC[NH2+]CCC. The van der Waals surface area contributed by atoms with Gasteiger partial charge in [0.1, 0.15) is 0 Å². The first kappa shape index (κ1) is 32.3. The summed E-state index contributed by atoms with van der Waals surface area (Å²) in [6, 6.07) is 5.72. The molecule has 0 saturated heterocycles. The number of benzene rings is 1. The van der Waals surface area contributed by atoms with Gasteiger partial charge in [-0.1, -0.05) is 79.7 Å². The van der Waals surface area contributed by atoms with Crippen molar-refractivity contribution in [3.05, 3.63) is 29.3 Å². The van der Waals surface area contributed by atoms with Crippen molar-refractivity contribution in [2.45, 2.75) is 106 Å². The summed E-state index contributed by atoms with van der Waals surface area (Å²) in [6.45, 7) is 18.3. The zero-order valence-electron chi connectivity index (χ0n) is 21.7. The van der Waals surface area contributed by atoms with Crippen LogP contribution in [0.3, 0.4) is 0 Å². The van der Waals surface area contributed by atoms with Gasteiger partial charge in [0.25, 0.3) is 0 Å². The monoisotopic (exact) mass is 436 g/mol. The van der Waals surface area contributed by atoms with Gasteiger partial charge in [0, 0.05) is 0 Å². The minimum absolute atomic E-state index is 0.407. The van der Waals surface area contributed by atoms with Crippen molar-refractivity contribution in [2.75, 3.05) is 26.2 Å². The van der Waals surface area contributed by atoms with Crippen LogP contribution in [0.1, 0.15) is 104 Å². The second-order valence-corrected chi connectivity index (χ2v) is 8.35. The molecule has 0 amide bonds. The van der Waals surface area contributed by atoms with Crippen LogP contribution in [0.4, 0.5) is 0 Å². The predicted molar refractivity (Wildman–Crippen MR) is 134 cm³/mol. The standard InChI is InChI=1S/C14H21BO2.2C6H15N/c1-3-5-7-12-9-13(8-6-4-2)11-14(10-12)15(16)17;2*1-3-5-7-6-4-2/h9-11H,3-8H2,1-2H3;2*7H,3-6H2,1-2H3/q-2;;/p+2. The highest BCUT2D eigenvalue weighted by molar-refractivity contribution is 6.55.